The number of amides is 1. The molecule has 0 radical (unpaired) electrons. The topological polar surface area (TPSA) is 32.3 Å². The minimum atomic E-state index is -0.806. The van der Waals surface area contributed by atoms with Crippen molar-refractivity contribution in [3.05, 3.63) is 35.4 Å². The molecule has 2 rings (SSSR count). The van der Waals surface area contributed by atoms with E-state index in [4.69, 9.17) is 0 Å². The van der Waals surface area contributed by atoms with Gasteiger partial charge in [-0.1, -0.05) is 38.7 Å². The van der Waals surface area contributed by atoms with Crippen LogP contribution < -0.4 is 5.32 Å². The van der Waals surface area contributed by atoms with Gasteiger partial charge in [-0.2, -0.15) is 0 Å². The van der Waals surface area contributed by atoms with Crippen LogP contribution >= 0.6 is 0 Å². The zero-order valence-corrected chi connectivity index (χ0v) is 15.2. The van der Waals surface area contributed by atoms with E-state index in [9.17, 15) is 13.6 Å². The lowest BCUT2D eigenvalue weighted by atomic mass is 10.0. The fourth-order valence-electron chi connectivity index (χ4n) is 3.32. The van der Waals surface area contributed by atoms with E-state index in [1.54, 1.807) is 6.07 Å². The molecular weight excluding hydrogens is 322 g/mol. The second-order valence-electron chi connectivity index (χ2n) is 7.03. The molecule has 1 aliphatic rings. The second-order valence-corrected chi connectivity index (χ2v) is 7.03. The number of nitrogens with zero attached hydrogens (tertiary/aromatic N) is 1. The first-order valence-electron chi connectivity index (χ1n) is 9.54. The molecule has 1 saturated heterocycles. The van der Waals surface area contributed by atoms with Gasteiger partial charge in [-0.25, -0.2) is 8.78 Å². The quantitative estimate of drug-likeness (QED) is 0.668. The highest BCUT2D eigenvalue weighted by Gasteiger charge is 2.20. The molecule has 0 aromatic heterocycles. The first kappa shape index (κ1) is 19.8. The number of benzene rings is 1. The van der Waals surface area contributed by atoms with Crippen LogP contribution in [0.2, 0.25) is 0 Å². The molecule has 3 nitrogen and oxygen atoms in total. The summed E-state index contributed by atoms with van der Waals surface area (Å²) in [6.07, 6.45) is 8.23. The standard InChI is InChI=1S/C20H30F2N2O/c1-2-3-4-5-6-7-20(25)23-17-10-12-24(13-11-17)15-16-8-9-18(21)19(22)14-16/h8-9,14,17H,2-7,10-13,15H2,1H3,(H,23,25). The molecule has 25 heavy (non-hydrogen) atoms. The summed E-state index contributed by atoms with van der Waals surface area (Å²) in [4.78, 5) is 14.2. The van der Waals surface area contributed by atoms with E-state index >= 15 is 0 Å². The van der Waals surface area contributed by atoms with Gasteiger partial charge in [-0.3, -0.25) is 9.69 Å². The average molecular weight is 352 g/mol. The van der Waals surface area contributed by atoms with Crippen LogP contribution in [-0.4, -0.2) is 29.9 Å². The van der Waals surface area contributed by atoms with Crippen molar-refractivity contribution in [2.75, 3.05) is 13.1 Å². The van der Waals surface area contributed by atoms with E-state index < -0.39 is 11.6 Å². The maximum atomic E-state index is 13.3. The largest absolute Gasteiger partial charge is 0.353 e. The number of carbonyl (C=O) groups is 1. The van der Waals surface area contributed by atoms with E-state index in [0.29, 0.717) is 13.0 Å². The Morgan fingerprint density at radius 3 is 2.52 bits per heavy atom. The summed E-state index contributed by atoms with van der Waals surface area (Å²) in [5, 5.41) is 3.14. The minimum absolute atomic E-state index is 0.163. The highest BCUT2D eigenvalue weighted by molar-refractivity contribution is 5.76. The van der Waals surface area contributed by atoms with E-state index in [0.717, 1.165) is 44.3 Å². The molecule has 1 aromatic carbocycles. The lowest BCUT2D eigenvalue weighted by Gasteiger charge is -2.32. The van der Waals surface area contributed by atoms with E-state index in [1.807, 2.05) is 0 Å². The molecule has 0 unspecified atom stereocenters. The lowest BCUT2D eigenvalue weighted by molar-refractivity contribution is -0.122. The van der Waals surface area contributed by atoms with Gasteiger partial charge >= 0.3 is 0 Å². The molecule has 1 aliphatic heterocycles. The summed E-state index contributed by atoms with van der Waals surface area (Å²) < 4.78 is 26.2. The van der Waals surface area contributed by atoms with Gasteiger partial charge in [0.05, 0.1) is 0 Å². The van der Waals surface area contributed by atoms with Crippen LogP contribution in [0.15, 0.2) is 18.2 Å². The van der Waals surface area contributed by atoms with Crippen LogP contribution in [0, 0.1) is 11.6 Å². The third kappa shape index (κ3) is 7.10. The third-order valence-corrected chi connectivity index (χ3v) is 4.85. The summed E-state index contributed by atoms with van der Waals surface area (Å²) >= 11 is 0. The first-order valence-corrected chi connectivity index (χ1v) is 9.54. The summed E-state index contributed by atoms with van der Waals surface area (Å²) in [6.45, 7) is 4.53. The molecule has 0 bridgehead atoms. The Balaban J connectivity index is 1.64. The summed E-state index contributed by atoms with van der Waals surface area (Å²) in [5.74, 6) is -1.44. The van der Waals surface area contributed by atoms with Gasteiger partial charge in [0.25, 0.3) is 0 Å². The molecule has 1 aromatic rings. The fraction of sp³-hybridized carbons (Fsp3) is 0.650. The van der Waals surface area contributed by atoms with Gasteiger partial charge in [0.1, 0.15) is 0 Å². The molecule has 1 heterocycles. The summed E-state index contributed by atoms with van der Waals surface area (Å²) in [5.41, 5.74) is 0.786. The van der Waals surface area contributed by atoms with Crippen LogP contribution in [0.1, 0.15) is 63.9 Å². The molecule has 1 N–H and O–H groups in total. The molecular formula is C20H30F2N2O. The van der Waals surface area contributed by atoms with Crippen molar-refractivity contribution in [1.82, 2.24) is 10.2 Å². The molecule has 0 atom stereocenters. The van der Waals surface area contributed by atoms with Crippen molar-refractivity contribution in [2.45, 2.75) is 70.9 Å². The number of nitrogens with one attached hydrogen (secondary N) is 1. The van der Waals surface area contributed by atoms with Crippen molar-refractivity contribution in [3.8, 4) is 0 Å². The summed E-state index contributed by atoms with van der Waals surface area (Å²) in [6, 6.07) is 4.31. The smallest absolute Gasteiger partial charge is 0.220 e. The van der Waals surface area contributed by atoms with Crippen molar-refractivity contribution >= 4 is 5.91 Å². The zero-order chi connectivity index (χ0) is 18.1. The van der Waals surface area contributed by atoms with E-state index in [1.165, 1.54) is 31.4 Å². The van der Waals surface area contributed by atoms with Gasteiger partial charge in [0.15, 0.2) is 11.6 Å². The Labute approximate surface area is 149 Å². The molecule has 1 fully saturated rings. The Kier molecular flexibility index (Phi) is 8.32. The van der Waals surface area contributed by atoms with Crippen molar-refractivity contribution < 1.29 is 13.6 Å². The Morgan fingerprint density at radius 2 is 1.84 bits per heavy atom. The zero-order valence-electron chi connectivity index (χ0n) is 15.2. The summed E-state index contributed by atoms with van der Waals surface area (Å²) in [7, 11) is 0. The highest BCUT2D eigenvalue weighted by Crippen LogP contribution is 2.16. The van der Waals surface area contributed by atoms with Crippen LogP contribution in [-0.2, 0) is 11.3 Å². The Hall–Kier alpha value is -1.49. The Bertz CT molecular complexity index is 542. The predicted molar refractivity (Wildman–Crippen MR) is 96.2 cm³/mol. The van der Waals surface area contributed by atoms with Crippen molar-refractivity contribution in [2.24, 2.45) is 0 Å². The van der Waals surface area contributed by atoms with Crippen molar-refractivity contribution in [3.63, 3.8) is 0 Å². The number of likely N-dealkylation sites (tertiary alicyclic amines) is 1. The minimum Gasteiger partial charge on any atom is -0.353 e. The van der Waals surface area contributed by atoms with Crippen LogP contribution in [0.25, 0.3) is 0 Å². The van der Waals surface area contributed by atoms with Gasteiger partial charge in [-0.15, -0.1) is 0 Å². The molecule has 0 saturated carbocycles. The SMILES string of the molecule is CCCCCCCC(=O)NC1CCN(Cc2ccc(F)c(F)c2)CC1. The molecule has 140 valence electrons. The average Bonchev–Trinajstić information content (AvgIpc) is 2.60. The van der Waals surface area contributed by atoms with Gasteiger partial charge in [0.2, 0.25) is 5.91 Å². The Morgan fingerprint density at radius 1 is 1.12 bits per heavy atom. The third-order valence-electron chi connectivity index (χ3n) is 4.85. The first-order chi connectivity index (χ1) is 12.1. The lowest BCUT2D eigenvalue weighted by Crippen LogP contribution is -2.44. The maximum Gasteiger partial charge on any atom is 0.220 e. The maximum absolute atomic E-state index is 13.3. The number of piperidine rings is 1. The molecule has 1 amide bonds. The molecule has 5 heteroatoms. The number of unbranched alkanes of at least 4 members (excludes halogenated alkanes) is 4. The van der Waals surface area contributed by atoms with Crippen molar-refractivity contribution in [1.29, 1.82) is 0 Å². The number of carbonyl (C=O) groups excluding carboxylic acids is 1. The fourth-order valence-corrected chi connectivity index (χ4v) is 3.32. The number of halogens is 2. The number of hydrogen-bond donors (Lipinski definition) is 1. The van der Waals surface area contributed by atoms with E-state index in [-0.39, 0.29) is 11.9 Å². The predicted octanol–water partition coefficient (Wildman–Crippen LogP) is 4.41. The van der Waals surface area contributed by atoms with Crippen LogP contribution in [0.5, 0.6) is 0 Å². The van der Waals surface area contributed by atoms with Gasteiger partial charge in [0, 0.05) is 32.1 Å². The van der Waals surface area contributed by atoms with Crippen LogP contribution in [0.4, 0.5) is 8.78 Å². The molecule has 0 aliphatic carbocycles. The van der Waals surface area contributed by atoms with E-state index in [2.05, 4.69) is 17.1 Å². The van der Waals surface area contributed by atoms with Crippen LogP contribution in [0.3, 0.4) is 0 Å². The normalized spacial score (nSPS) is 16.1. The number of rotatable bonds is 9. The number of hydrogen-bond acceptors (Lipinski definition) is 2. The second kappa shape index (κ2) is 10.5. The molecule has 0 spiro atoms. The monoisotopic (exact) mass is 352 g/mol. The highest BCUT2D eigenvalue weighted by atomic mass is 19.2. The van der Waals surface area contributed by atoms with Gasteiger partial charge in [-0.05, 0) is 37.0 Å². The van der Waals surface area contributed by atoms with Gasteiger partial charge < -0.3 is 5.32 Å².